The Labute approximate surface area is 192 Å². The molecule has 156 valence electrons. The normalized spacial score (nSPS) is 18.4. The highest BCUT2D eigenvalue weighted by Gasteiger charge is 2.43. The summed E-state index contributed by atoms with van der Waals surface area (Å²) in [5.41, 5.74) is 4.20. The average Bonchev–Trinajstić information content (AvgIpc) is 2.88. The fraction of sp³-hybridized carbons (Fsp3) is 0.0323. The number of benzene rings is 5. The molecule has 0 aliphatic carbocycles. The largest absolute Gasteiger partial charge is 0.444 e. The number of rotatable bonds is 1. The van der Waals surface area contributed by atoms with Crippen LogP contribution >= 0.6 is 0 Å². The highest BCUT2D eigenvalue weighted by molar-refractivity contribution is 6.00. The van der Waals surface area contributed by atoms with E-state index >= 15 is 0 Å². The molecule has 2 nitrogen and oxygen atoms in total. The summed E-state index contributed by atoms with van der Waals surface area (Å²) < 4.78 is 13.6. The molecule has 1 spiro atoms. The molecular formula is C31H20O2. The number of hydrogen-bond acceptors (Lipinski definition) is 2. The lowest BCUT2D eigenvalue weighted by Crippen LogP contribution is -2.44. The Hall–Kier alpha value is -4.30. The molecule has 5 aromatic carbocycles. The van der Waals surface area contributed by atoms with E-state index in [1.165, 1.54) is 10.8 Å². The van der Waals surface area contributed by atoms with Crippen LogP contribution in [0.15, 0.2) is 109 Å². The molecule has 0 N–H and O–H groups in total. The summed E-state index contributed by atoms with van der Waals surface area (Å²) in [7, 11) is 0. The zero-order chi connectivity index (χ0) is 21.8. The molecule has 0 fully saturated rings. The average molecular weight is 424 g/mol. The van der Waals surface area contributed by atoms with Crippen LogP contribution in [-0.4, -0.2) is 5.79 Å². The molecule has 1 unspecified atom stereocenters. The first-order valence-corrected chi connectivity index (χ1v) is 11.2. The highest BCUT2D eigenvalue weighted by atomic mass is 16.7. The van der Waals surface area contributed by atoms with Crippen molar-refractivity contribution in [3.63, 3.8) is 0 Å². The van der Waals surface area contributed by atoms with E-state index in [1.54, 1.807) is 0 Å². The van der Waals surface area contributed by atoms with Crippen LogP contribution in [0.5, 0.6) is 11.5 Å². The molecule has 2 aliphatic heterocycles. The summed E-state index contributed by atoms with van der Waals surface area (Å²) in [5.74, 6) is 0.622. The van der Waals surface area contributed by atoms with Gasteiger partial charge in [-0.1, -0.05) is 97.1 Å². The van der Waals surface area contributed by atoms with Crippen molar-refractivity contribution in [2.45, 2.75) is 5.79 Å². The van der Waals surface area contributed by atoms with E-state index in [0.717, 1.165) is 44.5 Å². The molecule has 2 heterocycles. The van der Waals surface area contributed by atoms with Crippen molar-refractivity contribution in [2.75, 3.05) is 0 Å². The van der Waals surface area contributed by atoms with Gasteiger partial charge in [-0.3, -0.25) is 0 Å². The first-order valence-electron chi connectivity index (χ1n) is 11.2. The highest BCUT2D eigenvalue weighted by Crippen LogP contribution is 2.48. The third-order valence-electron chi connectivity index (χ3n) is 6.59. The Morgan fingerprint density at radius 2 is 1.27 bits per heavy atom. The van der Waals surface area contributed by atoms with Crippen molar-refractivity contribution in [3.05, 3.63) is 126 Å². The van der Waals surface area contributed by atoms with Gasteiger partial charge in [0.25, 0.3) is 5.79 Å². The van der Waals surface area contributed by atoms with Crippen molar-refractivity contribution in [1.82, 2.24) is 0 Å². The zero-order valence-electron chi connectivity index (χ0n) is 17.9. The van der Waals surface area contributed by atoms with Crippen LogP contribution < -0.4 is 9.47 Å². The van der Waals surface area contributed by atoms with Crippen LogP contribution in [0.4, 0.5) is 0 Å². The molecular weight excluding hydrogens is 404 g/mol. The van der Waals surface area contributed by atoms with Crippen molar-refractivity contribution < 1.29 is 9.47 Å². The molecule has 33 heavy (non-hydrogen) atoms. The van der Waals surface area contributed by atoms with Crippen molar-refractivity contribution in [2.24, 2.45) is 0 Å². The Bertz CT molecular complexity index is 1610. The third kappa shape index (κ3) is 2.74. The maximum atomic E-state index is 6.83. The predicted octanol–water partition coefficient (Wildman–Crippen LogP) is 7.73. The van der Waals surface area contributed by atoms with Crippen molar-refractivity contribution in [1.29, 1.82) is 0 Å². The van der Waals surface area contributed by atoms with Gasteiger partial charge in [0.2, 0.25) is 0 Å². The van der Waals surface area contributed by atoms with Crippen LogP contribution in [0.3, 0.4) is 0 Å². The van der Waals surface area contributed by atoms with E-state index in [2.05, 4.69) is 91.0 Å². The first-order chi connectivity index (χ1) is 16.3. The maximum absolute atomic E-state index is 6.83. The predicted molar refractivity (Wildman–Crippen MR) is 135 cm³/mol. The molecule has 0 radical (unpaired) electrons. The van der Waals surface area contributed by atoms with Gasteiger partial charge in [-0.05, 0) is 39.9 Å². The van der Waals surface area contributed by atoms with E-state index < -0.39 is 5.79 Å². The fourth-order valence-electron chi connectivity index (χ4n) is 4.98. The molecule has 0 amide bonds. The summed E-state index contributed by atoms with van der Waals surface area (Å²) in [6.45, 7) is 0. The summed E-state index contributed by atoms with van der Waals surface area (Å²) >= 11 is 0. The minimum atomic E-state index is -1.05. The topological polar surface area (TPSA) is 18.5 Å². The second-order valence-corrected chi connectivity index (χ2v) is 8.53. The third-order valence-corrected chi connectivity index (χ3v) is 6.59. The molecule has 0 saturated heterocycles. The van der Waals surface area contributed by atoms with Crippen LogP contribution in [0, 0.1) is 0 Å². The monoisotopic (exact) mass is 424 g/mol. The van der Waals surface area contributed by atoms with Gasteiger partial charge in [-0.2, -0.15) is 0 Å². The van der Waals surface area contributed by atoms with Crippen molar-refractivity contribution in [3.8, 4) is 11.5 Å². The Morgan fingerprint density at radius 1 is 0.576 bits per heavy atom. The van der Waals surface area contributed by atoms with Gasteiger partial charge in [0.1, 0.15) is 11.5 Å². The van der Waals surface area contributed by atoms with E-state index in [9.17, 15) is 0 Å². The summed E-state index contributed by atoms with van der Waals surface area (Å²) in [5, 5.41) is 4.60. The van der Waals surface area contributed by atoms with E-state index in [4.69, 9.17) is 9.47 Å². The van der Waals surface area contributed by atoms with E-state index in [0.29, 0.717) is 0 Å². The quantitative estimate of drug-likeness (QED) is 0.274. The molecule has 0 saturated carbocycles. The van der Waals surface area contributed by atoms with Gasteiger partial charge >= 0.3 is 0 Å². The number of hydrogen-bond donors (Lipinski definition) is 0. The number of fused-ring (bicyclic) bond motifs is 6. The van der Waals surface area contributed by atoms with Crippen LogP contribution in [0.2, 0.25) is 0 Å². The van der Waals surface area contributed by atoms with Crippen LogP contribution in [-0.2, 0) is 0 Å². The summed E-state index contributed by atoms with van der Waals surface area (Å²) in [4.78, 5) is 0. The standard InChI is InChI=1S/C31H20O2/c1-2-10-23(11-3-1)28-20-24-15-14-22-9-5-7-13-26(22)30(24)33-31(28)19-18-27-25-12-6-4-8-21(25)16-17-29(27)32-31/h1-20H. The van der Waals surface area contributed by atoms with Gasteiger partial charge in [0.15, 0.2) is 0 Å². The fourth-order valence-corrected chi connectivity index (χ4v) is 4.98. The van der Waals surface area contributed by atoms with E-state index in [-0.39, 0.29) is 0 Å². The minimum absolute atomic E-state index is 0.821. The zero-order valence-corrected chi connectivity index (χ0v) is 17.9. The summed E-state index contributed by atoms with van der Waals surface area (Å²) in [6, 6.07) is 35.5. The van der Waals surface area contributed by atoms with Crippen LogP contribution in [0.25, 0.3) is 39.3 Å². The minimum Gasteiger partial charge on any atom is -0.444 e. The molecule has 2 aliphatic rings. The number of ether oxygens (including phenoxy) is 2. The molecule has 5 aromatic rings. The van der Waals surface area contributed by atoms with Gasteiger partial charge in [-0.25, -0.2) is 0 Å². The van der Waals surface area contributed by atoms with Gasteiger partial charge in [-0.15, -0.1) is 0 Å². The second-order valence-electron chi connectivity index (χ2n) is 8.53. The van der Waals surface area contributed by atoms with E-state index in [1.807, 2.05) is 30.3 Å². The van der Waals surface area contributed by atoms with Crippen molar-refractivity contribution >= 4 is 39.3 Å². The van der Waals surface area contributed by atoms with Crippen LogP contribution in [0.1, 0.15) is 16.7 Å². The Morgan fingerprint density at radius 3 is 2.12 bits per heavy atom. The lowest BCUT2D eigenvalue weighted by Gasteiger charge is -2.40. The maximum Gasteiger partial charge on any atom is 0.299 e. The first kappa shape index (κ1) is 18.3. The Balaban J connectivity index is 1.47. The molecule has 0 aromatic heterocycles. The lowest BCUT2D eigenvalue weighted by molar-refractivity contribution is -0.0199. The molecule has 7 rings (SSSR count). The smallest absolute Gasteiger partial charge is 0.299 e. The molecule has 1 atom stereocenters. The summed E-state index contributed by atoms with van der Waals surface area (Å²) in [6.07, 6.45) is 6.41. The van der Waals surface area contributed by atoms with Gasteiger partial charge in [0.05, 0.1) is 0 Å². The Kier molecular flexibility index (Phi) is 3.80. The van der Waals surface area contributed by atoms with Gasteiger partial charge in [0, 0.05) is 28.2 Å². The van der Waals surface area contributed by atoms with Gasteiger partial charge < -0.3 is 9.47 Å². The molecule has 0 bridgehead atoms. The molecule has 2 heteroatoms. The second kappa shape index (κ2) is 6.85. The lowest BCUT2D eigenvalue weighted by atomic mass is 9.88. The SMILES string of the molecule is C1=CC2(Oc3ccc4ccccc4c31)Oc1c(ccc3ccccc13)C=C2c1ccccc1.